The second kappa shape index (κ2) is 10.1. The monoisotopic (exact) mass is 474 g/mol. The number of hydrogen-bond donors (Lipinski definition) is 1. The molecule has 176 valence electrons. The maximum atomic E-state index is 12.8. The molecule has 0 spiro atoms. The Morgan fingerprint density at radius 1 is 1.00 bits per heavy atom. The Morgan fingerprint density at radius 2 is 1.76 bits per heavy atom. The van der Waals surface area contributed by atoms with E-state index < -0.39 is 0 Å². The normalized spacial score (nSPS) is 14.6. The third kappa shape index (κ3) is 4.76. The molecule has 0 atom stereocenters. The highest BCUT2D eigenvalue weighted by Crippen LogP contribution is 2.31. The molecule has 1 N–H and O–H groups in total. The fourth-order valence-corrected chi connectivity index (χ4v) is 5.70. The average Bonchev–Trinajstić information content (AvgIpc) is 3.44. The number of nitrogens with one attached hydrogen (secondary N) is 1. The third-order valence-corrected chi connectivity index (χ3v) is 7.69. The van der Waals surface area contributed by atoms with Gasteiger partial charge in [0.25, 0.3) is 5.91 Å². The summed E-state index contributed by atoms with van der Waals surface area (Å²) in [6.07, 6.45) is 8.68. The summed E-state index contributed by atoms with van der Waals surface area (Å²) >= 11 is 1.60. The second-order valence-electron chi connectivity index (χ2n) is 9.00. The molecule has 3 heterocycles. The molecule has 1 aliphatic rings. The molecule has 1 amide bonds. The summed E-state index contributed by atoms with van der Waals surface area (Å²) < 4.78 is 2.08. The van der Waals surface area contributed by atoms with Gasteiger partial charge in [0, 0.05) is 30.8 Å². The summed E-state index contributed by atoms with van der Waals surface area (Å²) in [5, 5.41) is 2.64. The molecule has 5 rings (SSSR count). The van der Waals surface area contributed by atoms with Crippen molar-refractivity contribution < 1.29 is 9.59 Å². The average molecular weight is 475 g/mol. The lowest BCUT2D eigenvalue weighted by atomic mass is 10.0. The summed E-state index contributed by atoms with van der Waals surface area (Å²) in [6.45, 7) is 3.54. The number of rotatable bonds is 8. The number of imidazole rings is 1. The highest BCUT2D eigenvalue weighted by molar-refractivity contribution is 7.20. The molecular formula is C27H30N4O2S. The van der Waals surface area contributed by atoms with Gasteiger partial charge in [0.05, 0.1) is 15.9 Å². The lowest BCUT2D eigenvalue weighted by Crippen LogP contribution is -2.30. The molecule has 7 heteroatoms. The number of carbonyl (C=O) groups excluding carboxylic acids is 2. The molecule has 1 saturated heterocycles. The minimum atomic E-state index is -0.0918. The fraction of sp³-hybridized carbons (Fsp3) is 0.370. The van der Waals surface area contributed by atoms with Crippen molar-refractivity contribution in [3.63, 3.8) is 0 Å². The van der Waals surface area contributed by atoms with Crippen LogP contribution in [0.1, 0.15) is 59.2 Å². The first-order valence-electron chi connectivity index (χ1n) is 12.1. The number of aromatic nitrogens is 2. The molecule has 0 saturated carbocycles. The lowest BCUT2D eigenvalue weighted by Gasteiger charge is -2.26. The maximum absolute atomic E-state index is 12.8. The predicted molar refractivity (Wildman–Crippen MR) is 138 cm³/mol. The summed E-state index contributed by atoms with van der Waals surface area (Å²) in [5.74, 6) is 0.111. The van der Waals surface area contributed by atoms with Crippen LogP contribution in [0.15, 0.2) is 48.7 Å². The number of unbranched alkanes of at least 4 members (excludes halogenated alkanes) is 1. The Kier molecular flexibility index (Phi) is 6.74. The fourth-order valence-electron chi connectivity index (χ4n) is 4.70. The van der Waals surface area contributed by atoms with Crippen LogP contribution in [0.3, 0.4) is 0 Å². The number of fused-ring (bicyclic) bond motifs is 3. The van der Waals surface area contributed by atoms with Crippen LogP contribution >= 0.6 is 11.3 Å². The predicted octanol–water partition coefficient (Wildman–Crippen LogP) is 5.41. The van der Waals surface area contributed by atoms with Gasteiger partial charge in [-0.3, -0.25) is 14.0 Å². The molecule has 4 aromatic rings. The van der Waals surface area contributed by atoms with Gasteiger partial charge in [-0.2, -0.15) is 0 Å². The van der Waals surface area contributed by atoms with Crippen molar-refractivity contribution in [2.45, 2.75) is 38.5 Å². The van der Waals surface area contributed by atoms with Crippen molar-refractivity contribution in [2.75, 3.05) is 26.7 Å². The minimum Gasteiger partial charge on any atom is -0.355 e. The zero-order valence-electron chi connectivity index (χ0n) is 19.5. The van der Waals surface area contributed by atoms with Crippen LogP contribution in [0.2, 0.25) is 0 Å². The van der Waals surface area contributed by atoms with Crippen molar-refractivity contribution in [1.29, 1.82) is 0 Å². The maximum Gasteiger partial charge on any atom is 0.251 e. The molecule has 2 aromatic heterocycles. The molecule has 0 radical (unpaired) electrons. The Morgan fingerprint density at radius 3 is 2.53 bits per heavy atom. The van der Waals surface area contributed by atoms with Crippen LogP contribution in [0.4, 0.5) is 0 Å². The van der Waals surface area contributed by atoms with Crippen molar-refractivity contribution in [3.05, 3.63) is 59.8 Å². The quantitative estimate of drug-likeness (QED) is 0.274. The second-order valence-corrected chi connectivity index (χ2v) is 10.0. The Hall–Kier alpha value is -3.03. The first-order valence-corrected chi connectivity index (χ1v) is 12.9. The van der Waals surface area contributed by atoms with Gasteiger partial charge in [-0.1, -0.05) is 29.9 Å². The Balaban J connectivity index is 1.25. The topological polar surface area (TPSA) is 66.7 Å². The van der Waals surface area contributed by atoms with Crippen molar-refractivity contribution in [3.8, 4) is 10.4 Å². The van der Waals surface area contributed by atoms with E-state index >= 15 is 0 Å². The number of amides is 1. The van der Waals surface area contributed by atoms with E-state index in [4.69, 9.17) is 4.98 Å². The molecule has 0 bridgehead atoms. The first-order chi connectivity index (χ1) is 16.6. The van der Waals surface area contributed by atoms with E-state index in [-0.39, 0.29) is 11.7 Å². The van der Waals surface area contributed by atoms with Gasteiger partial charge in [-0.25, -0.2) is 4.98 Å². The van der Waals surface area contributed by atoms with E-state index in [1.54, 1.807) is 18.4 Å². The summed E-state index contributed by atoms with van der Waals surface area (Å²) in [7, 11) is 1.63. The number of nitrogens with zero attached hydrogens (tertiary/aromatic N) is 3. The minimum absolute atomic E-state index is 0.0918. The Labute approximate surface area is 203 Å². The SMILES string of the molecule is CNC(=O)c1ccc(-c2cn3c(nc4cc(C(=O)CCCCN5CCCCC5)ccc43)s2)cc1. The summed E-state index contributed by atoms with van der Waals surface area (Å²) in [5.41, 5.74) is 4.30. The molecule has 0 unspecified atom stereocenters. The summed E-state index contributed by atoms with van der Waals surface area (Å²) in [6, 6.07) is 13.4. The van der Waals surface area contributed by atoms with Crippen molar-refractivity contribution in [1.82, 2.24) is 19.6 Å². The molecule has 6 nitrogen and oxygen atoms in total. The van der Waals surface area contributed by atoms with Crippen LogP contribution in [0, 0.1) is 0 Å². The molecule has 2 aromatic carbocycles. The van der Waals surface area contributed by atoms with Crippen LogP contribution < -0.4 is 5.32 Å². The number of ketones is 1. The molecule has 34 heavy (non-hydrogen) atoms. The van der Waals surface area contributed by atoms with E-state index in [2.05, 4.69) is 20.8 Å². The van der Waals surface area contributed by atoms with Gasteiger partial charge in [0.2, 0.25) is 0 Å². The van der Waals surface area contributed by atoms with E-state index in [9.17, 15) is 9.59 Å². The number of hydrogen-bond acceptors (Lipinski definition) is 5. The zero-order valence-corrected chi connectivity index (χ0v) is 20.4. The van der Waals surface area contributed by atoms with Gasteiger partial charge in [-0.15, -0.1) is 0 Å². The van der Waals surface area contributed by atoms with E-state index in [0.29, 0.717) is 12.0 Å². The van der Waals surface area contributed by atoms with Gasteiger partial charge in [0.15, 0.2) is 10.7 Å². The van der Waals surface area contributed by atoms with Gasteiger partial charge < -0.3 is 10.2 Å². The van der Waals surface area contributed by atoms with Gasteiger partial charge in [0.1, 0.15) is 0 Å². The van der Waals surface area contributed by atoms with Gasteiger partial charge in [-0.05, 0) is 81.2 Å². The van der Waals surface area contributed by atoms with Crippen LogP contribution in [0.5, 0.6) is 0 Å². The smallest absolute Gasteiger partial charge is 0.251 e. The van der Waals surface area contributed by atoms with Crippen LogP contribution in [-0.4, -0.2) is 52.7 Å². The van der Waals surface area contributed by atoms with Crippen LogP contribution in [0.25, 0.3) is 26.4 Å². The molecular weight excluding hydrogens is 444 g/mol. The largest absolute Gasteiger partial charge is 0.355 e. The highest BCUT2D eigenvalue weighted by atomic mass is 32.1. The standard InChI is InChI=1S/C27H30N4O2S/c1-28-26(33)20-10-8-19(9-11-20)25-18-31-23-13-12-21(17-22(23)29-27(31)34-25)24(32)7-3-6-16-30-14-4-2-5-15-30/h8-13,17-18H,2-7,14-16H2,1H3,(H,28,33). The lowest BCUT2D eigenvalue weighted by molar-refractivity contribution is 0.0959. The highest BCUT2D eigenvalue weighted by Gasteiger charge is 2.14. The van der Waals surface area contributed by atoms with E-state index in [1.807, 2.05) is 42.5 Å². The molecule has 1 aliphatic heterocycles. The third-order valence-electron chi connectivity index (χ3n) is 6.66. The van der Waals surface area contributed by atoms with Crippen molar-refractivity contribution in [2.24, 2.45) is 0 Å². The number of carbonyl (C=O) groups is 2. The number of Topliss-reactive ketones (excluding diaryl/α,β-unsaturated/α-hetero) is 1. The molecule has 0 aliphatic carbocycles. The van der Waals surface area contributed by atoms with E-state index in [1.165, 1.54) is 32.4 Å². The Bertz CT molecular complexity index is 1320. The van der Waals surface area contributed by atoms with E-state index in [0.717, 1.165) is 51.4 Å². The zero-order chi connectivity index (χ0) is 23.5. The molecule has 1 fully saturated rings. The number of benzene rings is 2. The van der Waals surface area contributed by atoms with Gasteiger partial charge >= 0.3 is 0 Å². The first kappa shape index (κ1) is 22.7. The van der Waals surface area contributed by atoms with Crippen molar-refractivity contribution >= 4 is 39.0 Å². The summed E-state index contributed by atoms with van der Waals surface area (Å²) in [4.78, 5) is 33.8. The number of piperidine rings is 1. The van der Waals surface area contributed by atoms with Crippen LogP contribution in [-0.2, 0) is 0 Å². The number of thiazole rings is 1. The number of likely N-dealkylation sites (tertiary alicyclic amines) is 1.